The highest BCUT2D eigenvalue weighted by atomic mass is 79.9. The van der Waals surface area contributed by atoms with E-state index in [0.717, 1.165) is 5.56 Å². The molecule has 8 nitrogen and oxygen atoms in total. The molecule has 0 saturated heterocycles. The van der Waals surface area contributed by atoms with Crippen LogP contribution in [0.3, 0.4) is 0 Å². The van der Waals surface area contributed by atoms with Gasteiger partial charge in [0.15, 0.2) is 10.4 Å². The van der Waals surface area contributed by atoms with Crippen LogP contribution in [0.25, 0.3) is 0 Å². The van der Waals surface area contributed by atoms with Gasteiger partial charge in [-0.2, -0.15) is 10.2 Å². The normalized spacial score (nSPS) is 11.3. The predicted molar refractivity (Wildman–Crippen MR) is 104 cm³/mol. The summed E-state index contributed by atoms with van der Waals surface area (Å²) in [7, 11) is 1.70. The van der Waals surface area contributed by atoms with Crippen molar-refractivity contribution in [2.75, 3.05) is 5.32 Å². The molecule has 0 atom stereocenters. The number of furan rings is 1. The van der Waals surface area contributed by atoms with Gasteiger partial charge in [0, 0.05) is 18.9 Å². The molecule has 1 aromatic carbocycles. The Labute approximate surface area is 163 Å². The van der Waals surface area contributed by atoms with E-state index in [0.29, 0.717) is 21.8 Å². The summed E-state index contributed by atoms with van der Waals surface area (Å²) in [4.78, 5) is 24.1. The number of anilines is 1. The van der Waals surface area contributed by atoms with Crippen molar-refractivity contribution in [3.63, 3.8) is 0 Å². The van der Waals surface area contributed by atoms with Gasteiger partial charge in [0.1, 0.15) is 5.69 Å². The number of rotatable bonds is 5. The fourth-order valence-corrected chi connectivity index (χ4v) is 2.58. The summed E-state index contributed by atoms with van der Waals surface area (Å²) in [5, 5.41) is 10.8. The summed E-state index contributed by atoms with van der Waals surface area (Å²) >= 11 is 3.14. The maximum atomic E-state index is 12.2. The molecule has 0 bridgehead atoms. The number of amides is 2. The minimum Gasteiger partial charge on any atom is -0.444 e. The van der Waals surface area contributed by atoms with Crippen LogP contribution in [0.1, 0.15) is 33.5 Å². The van der Waals surface area contributed by atoms with Gasteiger partial charge < -0.3 is 9.73 Å². The van der Waals surface area contributed by atoms with E-state index in [4.69, 9.17) is 4.42 Å². The van der Waals surface area contributed by atoms with Gasteiger partial charge in [-0.15, -0.1) is 0 Å². The second-order valence-electron chi connectivity index (χ2n) is 5.61. The molecule has 0 radical (unpaired) electrons. The molecule has 3 rings (SSSR count). The van der Waals surface area contributed by atoms with E-state index in [-0.39, 0.29) is 11.7 Å². The van der Waals surface area contributed by atoms with Crippen molar-refractivity contribution in [2.45, 2.75) is 6.92 Å². The molecular weight excluding hydrogens is 414 g/mol. The van der Waals surface area contributed by atoms with Gasteiger partial charge in [-0.3, -0.25) is 14.3 Å². The Bertz CT molecular complexity index is 1000. The first kappa shape index (κ1) is 18.6. The lowest BCUT2D eigenvalue weighted by molar-refractivity contribution is 0.0925. The Hall–Kier alpha value is -3.20. The van der Waals surface area contributed by atoms with Crippen molar-refractivity contribution in [2.24, 2.45) is 12.1 Å². The van der Waals surface area contributed by atoms with Crippen molar-refractivity contribution in [3.05, 3.63) is 70.3 Å². The number of halogens is 1. The Balaban J connectivity index is 1.63. The van der Waals surface area contributed by atoms with Crippen LogP contribution in [0.15, 0.2) is 62.8 Å². The van der Waals surface area contributed by atoms with Gasteiger partial charge in [-0.25, -0.2) is 5.43 Å². The number of benzene rings is 1. The highest BCUT2D eigenvalue weighted by molar-refractivity contribution is 9.10. The second-order valence-corrected chi connectivity index (χ2v) is 6.40. The first-order valence-electron chi connectivity index (χ1n) is 7.94. The Morgan fingerprint density at radius 2 is 1.85 bits per heavy atom. The monoisotopic (exact) mass is 429 g/mol. The molecule has 2 amide bonds. The lowest BCUT2D eigenvalue weighted by Crippen LogP contribution is -2.18. The maximum Gasteiger partial charge on any atom is 0.307 e. The van der Waals surface area contributed by atoms with Gasteiger partial charge in [-0.1, -0.05) is 12.1 Å². The first-order valence-corrected chi connectivity index (χ1v) is 8.73. The molecule has 0 spiro atoms. The van der Waals surface area contributed by atoms with Crippen LogP contribution in [-0.2, 0) is 7.05 Å². The van der Waals surface area contributed by atoms with Crippen LogP contribution >= 0.6 is 15.9 Å². The van der Waals surface area contributed by atoms with E-state index in [2.05, 4.69) is 36.9 Å². The van der Waals surface area contributed by atoms with Gasteiger partial charge in [0.2, 0.25) is 0 Å². The average molecular weight is 430 g/mol. The molecule has 0 aliphatic rings. The lowest BCUT2D eigenvalue weighted by atomic mass is 10.1. The zero-order chi connectivity index (χ0) is 19.4. The van der Waals surface area contributed by atoms with E-state index in [9.17, 15) is 9.59 Å². The molecule has 2 aromatic heterocycles. The van der Waals surface area contributed by atoms with Crippen LogP contribution in [0, 0.1) is 0 Å². The number of aryl methyl sites for hydroxylation is 1. The number of hydrogen-bond donors (Lipinski definition) is 2. The minimum atomic E-state index is -0.444. The fraction of sp³-hybridized carbons (Fsp3) is 0.111. The van der Waals surface area contributed by atoms with Gasteiger partial charge in [-0.05, 0) is 58.7 Å². The van der Waals surface area contributed by atoms with E-state index >= 15 is 0 Å². The summed E-state index contributed by atoms with van der Waals surface area (Å²) in [6, 6.07) is 11.9. The number of hydrazone groups is 1. The molecule has 0 fully saturated rings. The van der Waals surface area contributed by atoms with Crippen LogP contribution in [0.2, 0.25) is 0 Å². The zero-order valence-corrected chi connectivity index (χ0v) is 16.1. The standard InChI is InChI=1S/C18H16BrN5O3/c1-11(22-23-18(26)15-7-8-16(19)27-15)12-3-5-13(6-4-12)21-17(25)14-9-10-20-24(14)2/h3-10H,1-2H3,(H,21,25)(H,23,26)/b22-11+. The zero-order valence-electron chi connectivity index (χ0n) is 14.6. The third kappa shape index (κ3) is 4.50. The van der Waals surface area contributed by atoms with Crippen molar-refractivity contribution < 1.29 is 14.0 Å². The summed E-state index contributed by atoms with van der Waals surface area (Å²) < 4.78 is 7.13. The smallest absolute Gasteiger partial charge is 0.307 e. The molecule has 2 heterocycles. The van der Waals surface area contributed by atoms with Crippen LogP contribution in [0.5, 0.6) is 0 Å². The Morgan fingerprint density at radius 1 is 1.11 bits per heavy atom. The first-order chi connectivity index (χ1) is 12.9. The number of carbonyl (C=O) groups is 2. The molecule has 3 aromatic rings. The number of hydrogen-bond acceptors (Lipinski definition) is 5. The number of carbonyl (C=O) groups excluding carboxylic acids is 2. The quantitative estimate of drug-likeness (QED) is 0.480. The summed E-state index contributed by atoms with van der Waals surface area (Å²) in [6.45, 7) is 1.77. The van der Waals surface area contributed by atoms with Crippen molar-refractivity contribution in [1.82, 2.24) is 15.2 Å². The molecule has 138 valence electrons. The third-order valence-corrected chi connectivity index (χ3v) is 4.16. The highest BCUT2D eigenvalue weighted by Crippen LogP contribution is 2.14. The van der Waals surface area contributed by atoms with Crippen molar-refractivity contribution >= 4 is 39.1 Å². The SMILES string of the molecule is C/C(=N\NC(=O)c1ccc(Br)o1)c1ccc(NC(=O)c2ccnn2C)cc1. The van der Waals surface area contributed by atoms with Crippen LogP contribution in [0.4, 0.5) is 5.69 Å². The molecule has 0 aliphatic carbocycles. The van der Waals surface area contributed by atoms with Gasteiger partial charge >= 0.3 is 5.91 Å². The largest absolute Gasteiger partial charge is 0.444 e. The number of nitrogens with one attached hydrogen (secondary N) is 2. The number of nitrogens with zero attached hydrogens (tertiary/aromatic N) is 3. The van der Waals surface area contributed by atoms with Gasteiger partial charge in [0.25, 0.3) is 5.91 Å². The van der Waals surface area contributed by atoms with Crippen LogP contribution < -0.4 is 10.7 Å². The Kier molecular flexibility index (Phi) is 5.51. The fourth-order valence-electron chi connectivity index (χ4n) is 2.28. The molecule has 0 unspecified atom stereocenters. The number of aromatic nitrogens is 2. The summed E-state index contributed by atoms with van der Waals surface area (Å²) in [5.74, 6) is -0.531. The Morgan fingerprint density at radius 3 is 2.44 bits per heavy atom. The predicted octanol–water partition coefficient (Wildman–Crippen LogP) is 3.18. The lowest BCUT2D eigenvalue weighted by Gasteiger charge is -2.07. The molecular formula is C18H16BrN5O3. The molecule has 0 saturated carbocycles. The van der Waals surface area contributed by atoms with E-state index in [1.165, 1.54) is 4.68 Å². The molecule has 0 aliphatic heterocycles. The summed E-state index contributed by atoms with van der Waals surface area (Å²) in [5.41, 5.74) is 4.95. The van der Waals surface area contributed by atoms with Gasteiger partial charge in [0.05, 0.1) is 5.71 Å². The van der Waals surface area contributed by atoms with E-state index in [1.54, 1.807) is 62.6 Å². The maximum absolute atomic E-state index is 12.2. The van der Waals surface area contributed by atoms with E-state index < -0.39 is 5.91 Å². The molecule has 27 heavy (non-hydrogen) atoms. The second kappa shape index (κ2) is 8.00. The minimum absolute atomic E-state index is 0.159. The van der Waals surface area contributed by atoms with E-state index in [1.807, 2.05) is 0 Å². The van der Waals surface area contributed by atoms with Crippen molar-refractivity contribution in [3.8, 4) is 0 Å². The highest BCUT2D eigenvalue weighted by Gasteiger charge is 2.11. The third-order valence-electron chi connectivity index (χ3n) is 3.74. The molecule has 2 N–H and O–H groups in total. The molecule has 9 heteroatoms. The average Bonchev–Trinajstić information content (AvgIpc) is 3.28. The topological polar surface area (TPSA) is 102 Å². The van der Waals surface area contributed by atoms with Crippen LogP contribution in [-0.4, -0.2) is 27.3 Å². The van der Waals surface area contributed by atoms with Crippen molar-refractivity contribution in [1.29, 1.82) is 0 Å². The summed E-state index contributed by atoms with van der Waals surface area (Å²) in [6.07, 6.45) is 1.56.